The summed E-state index contributed by atoms with van der Waals surface area (Å²) >= 11 is 0. The van der Waals surface area contributed by atoms with E-state index in [-0.39, 0.29) is 11.6 Å². The largest absolute Gasteiger partial charge is 0.480 e. The van der Waals surface area contributed by atoms with Crippen molar-refractivity contribution < 1.29 is 21.9 Å². The summed E-state index contributed by atoms with van der Waals surface area (Å²) < 4.78 is 61.2. The van der Waals surface area contributed by atoms with E-state index in [1.165, 1.54) is 19.4 Å². The Kier molecular flexibility index (Phi) is 7.74. The number of piperazine rings is 1. The summed E-state index contributed by atoms with van der Waals surface area (Å²) in [5, 5.41) is 0.793. The van der Waals surface area contributed by atoms with Crippen LogP contribution < -0.4 is 20.1 Å². The summed E-state index contributed by atoms with van der Waals surface area (Å²) in [7, 11) is -0.986. The number of hydrogen-bond donors (Lipinski definition) is 2. The molecule has 1 aliphatic rings. The molecular formula is C31H29F2N7O3S. The number of sulfonamides is 1. The van der Waals surface area contributed by atoms with E-state index < -0.39 is 26.6 Å². The summed E-state index contributed by atoms with van der Waals surface area (Å²) in [6.45, 7) is 3.80. The smallest absolute Gasteiger partial charge is 0.264 e. The number of halogens is 2. The second-order valence-electron chi connectivity index (χ2n) is 10.5. The molecule has 226 valence electrons. The molecule has 0 radical (unpaired) electrons. The zero-order valence-corrected chi connectivity index (χ0v) is 24.8. The Hall–Kier alpha value is -4.88. The molecule has 6 rings (SSSR count). The first-order valence-corrected chi connectivity index (χ1v) is 15.2. The van der Waals surface area contributed by atoms with E-state index in [0.717, 1.165) is 60.6 Å². The molecule has 0 atom stereocenters. The Labute approximate surface area is 253 Å². The maximum Gasteiger partial charge on any atom is 0.264 e. The molecule has 0 saturated carbocycles. The molecule has 44 heavy (non-hydrogen) atoms. The maximum atomic E-state index is 14.3. The number of anilines is 3. The molecule has 1 saturated heterocycles. The van der Waals surface area contributed by atoms with Gasteiger partial charge in [-0.05, 0) is 61.1 Å². The van der Waals surface area contributed by atoms with Gasteiger partial charge in [-0.25, -0.2) is 32.2 Å². The SMILES string of the molecule is COc1ncc(-c2ccc3nc(N)c(-c4ccc(N5CCN(C)CC5)nc4)cc3c2)cc1NS(=O)(=O)c1ccc(F)cc1F. The van der Waals surface area contributed by atoms with Crippen LogP contribution >= 0.6 is 0 Å². The molecule has 1 aliphatic heterocycles. The Morgan fingerprint density at radius 2 is 1.64 bits per heavy atom. The van der Waals surface area contributed by atoms with Crippen LogP contribution in [0, 0.1) is 11.6 Å². The number of aromatic nitrogens is 3. The molecule has 13 heteroatoms. The van der Waals surface area contributed by atoms with Crippen LogP contribution in [0.15, 0.2) is 78.0 Å². The summed E-state index contributed by atoms with van der Waals surface area (Å²) in [5.74, 6) is -0.851. The number of hydrogen-bond acceptors (Lipinski definition) is 9. The number of nitrogen functional groups attached to an aromatic ring is 1. The third-order valence-corrected chi connectivity index (χ3v) is 8.93. The van der Waals surface area contributed by atoms with E-state index >= 15 is 0 Å². The van der Waals surface area contributed by atoms with E-state index in [9.17, 15) is 17.2 Å². The van der Waals surface area contributed by atoms with Gasteiger partial charge in [-0.3, -0.25) is 4.72 Å². The maximum absolute atomic E-state index is 14.3. The van der Waals surface area contributed by atoms with Crippen molar-refractivity contribution in [3.05, 3.63) is 84.7 Å². The Bertz CT molecular complexity index is 1970. The number of methoxy groups -OCH3 is 1. The molecule has 5 aromatic rings. The van der Waals surface area contributed by atoms with Crippen LogP contribution in [-0.2, 0) is 10.0 Å². The summed E-state index contributed by atoms with van der Waals surface area (Å²) in [4.78, 5) is 17.4. The predicted octanol–water partition coefficient (Wildman–Crippen LogP) is 4.78. The Balaban J connectivity index is 1.31. The minimum atomic E-state index is -4.43. The fraction of sp³-hybridized carbons (Fsp3) is 0.194. The average Bonchev–Trinajstić information content (AvgIpc) is 3.00. The second-order valence-corrected chi connectivity index (χ2v) is 12.1. The molecule has 4 heterocycles. The lowest BCUT2D eigenvalue weighted by Crippen LogP contribution is -2.44. The minimum absolute atomic E-state index is 0.0172. The van der Waals surface area contributed by atoms with Crippen LogP contribution in [0.1, 0.15) is 0 Å². The number of nitrogens with zero attached hydrogens (tertiary/aromatic N) is 5. The summed E-state index contributed by atoms with van der Waals surface area (Å²) in [6, 6.07) is 15.2. The molecule has 0 unspecified atom stereocenters. The quantitative estimate of drug-likeness (QED) is 0.265. The van der Waals surface area contributed by atoms with Gasteiger partial charge in [0.1, 0.15) is 33.9 Å². The number of nitrogens with two attached hydrogens (primary N) is 1. The van der Waals surface area contributed by atoms with Crippen LogP contribution in [0.5, 0.6) is 5.88 Å². The van der Waals surface area contributed by atoms with Gasteiger partial charge < -0.3 is 20.3 Å². The van der Waals surface area contributed by atoms with Gasteiger partial charge in [-0.2, -0.15) is 0 Å². The molecule has 3 N–H and O–H groups in total. The topological polar surface area (TPSA) is 127 Å². The number of pyridine rings is 3. The van der Waals surface area contributed by atoms with Crippen molar-refractivity contribution in [1.82, 2.24) is 19.9 Å². The number of nitrogens with one attached hydrogen (secondary N) is 1. The van der Waals surface area contributed by atoms with E-state index in [0.29, 0.717) is 28.5 Å². The first kappa shape index (κ1) is 29.2. The third kappa shape index (κ3) is 5.83. The molecule has 0 bridgehead atoms. The lowest BCUT2D eigenvalue weighted by molar-refractivity contribution is 0.312. The van der Waals surface area contributed by atoms with Gasteiger partial charge in [0.25, 0.3) is 10.0 Å². The first-order chi connectivity index (χ1) is 21.1. The molecule has 2 aromatic carbocycles. The van der Waals surface area contributed by atoms with Crippen LogP contribution in [-0.4, -0.2) is 68.6 Å². The van der Waals surface area contributed by atoms with Crippen molar-refractivity contribution in [3.63, 3.8) is 0 Å². The predicted molar refractivity (Wildman–Crippen MR) is 166 cm³/mol. The highest BCUT2D eigenvalue weighted by atomic mass is 32.2. The van der Waals surface area contributed by atoms with Gasteiger partial charge in [0.05, 0.1) is 12.6 Å². The molecule has 0 amide bonds. The highest BCUT2D eigenvalue weighted by Gasteiger charge is 2.22. The zero-order valence-electron chi connectivity index (χ0n) is 24.0. The molecule has 3 aromatic heterocycles. The molecular weight excluding hydrogens is 588 g/mol. The Morgan fingerprint density at radius 1 is 0.886 bits per heavy atom. The van der Waals surface area contributed by atoms with E-state index in [2.05, 4.69) is 36.5 Å². The van der Waals surface area contributed by atoms with E-state index in [4.69, 9.17) is 10.5 Å². The van der Waals surface area contributed by atoms with Gasteiger partial charge in [-0.15, -0.1) is 0 Å². The van der Waals surface area contributed by atoms with Crippen molar-refractivity contribution in [1.29, 1.82) is 0 Å². The summed E-state index contributed by atoms with van der Waals surface area (Å²) in [6.07, 6.45) is 3.33. The number of rotatable bonds is 7. The van der Waals surface area contributed by atoms with Crippen molar-refractivity contribution in [2.24, 2.45) is 0 Å². The molecule has 1 fully saturated rings. The van der Waals surface area contributed by atoms with Crippen LogP contribution in [0.25, 0.3) is 33.2 Å². The lowest BCUT2D eigenvalue weighted by atomic mass is 10.0. The van der Waals surface area contributed by atoms with Gasteiger partial charge in [0.15, 0.2) is 0 Å². The number of benzene rings is 2. The van der Waals surface area contributed by atoms with Gasteiger partial charge >= 0.3 is 0 Å². The highest BCUT2D eigenvalue weighted by molar-refractivity contribution is 7.92. The summed E-state index contributed by atoms with van der Waals surface area (Å²) in [5.41, 5.74) is 9.83. The third-order valence-electron chi connectivity index (χ3n) is 7.54. The van der Waals surface area contributed by atoms with Gasteiger partial charge in [-0.1, -0.05) is 6.07 Å². The number of likely N-dealkylation sites (N-methyl/N-ethyl adjacent to an activating group) is 1. The first-order valence-electron chi connectivity index (χ1n) is 13.7. The van der Waals surface area contributed by atoms with Gasteiger partial charge in [0, 0.05) is 66.7 Å². The number of ether oxygens (including phenoxy) is 1. The average molecular weight is 618 g/mol. The minimum Gasteiger partial charge on any atom is -0.480 e. The van der Waals surface area contributed by atoms with E-state index in [1.54, 1.807) is 6.20 Å². The fourth-order valence-corrected chi connectivity index (χ4v) is 6.22. The monoisotopic (exact) mass is 617 g/mol. The van der Waals surface area contributed by atoms with Crippen molar-refractivity contribution in [2.45, 2.75) is 4.90 Å². The van der Waals surface area contributed by atoms with Crippen molar-refractivity contribution >= 4 is 38.2 Å². The standard InChI is InChI=1S/C31H29F2N7O3S/c1-39-9-11-40(12-10-39)29-8-4-20(17-35-29)24-14-21-13-19(3-6-26(21)37-30(24)34)22-15-27(31(43-2)36-18-22)38-44(41,42)28-7-5-23(32)16-25(28)33/h3-8,13-18,38H,9-12H2,1-2H3,(H2,34,37). The van der Waals surface area contributed by atoms with Crippen LogP contribution in [0.3, 0.4) is 0 Å². The van der Waals surface area contributed by atoms with Crippen molar-refractivity contribution in [3.8, 4) is 28.1 Å². The highest BCUT2D eigenvalue weighted by Crippen LogP contribution is 2.34. The molecule has 10 nitrogen and oxygen atoms in total. The van der Waals surface area contributed by atoms with Crippen molar-refractivity contribution in [2.75, 3.05) is 55.7 Å². The van der Waals surface area contributed by atoms with Crippen LogP contribution in [0.2, 0.25) is 0 Å². The molecule has 0 spiro atoms. The zero-order chi connectivity index (χ0) is 31.0. The number of fused-ring (bicyclic) bond motifs is 1. The van der Waals surface area contributed by atoms with Gasteiger partial charge in [0.2, 0.25) is 5.88 Å². The lowest BCUT2D eigenvalue weighted by Gasteiger charge is -2.33. The van der Waals surface area contributed by atoms with E-state index in [1.807, 2.05) is 36.4 Å². The Morgan fingerprint density at radius 3 is 2.34 bits per heavy atom. The molecule has 0 aliphatic carbocycles. The van der Waals surface area contributed by atoms with Crippen LogP contribution in [0.4, 0.5) is 26.1 Å². The second kappa shape index (κ2) is 11.7. The normalized spacial score (nSPS) is 14.1. The fourth-order valence-electron chi connectivity index (χ4n) is 5.11.